The van der Waals surface area contributed by atoms with Gasteiger partial charge in [-0.05, 0) is 31.7 Å². The lowest BCUT2D eigenvalue weighted by atomic mass is 9.96. The number of nitrogens with zero attached hydrogens (tertiary/aromatic N) is 2. The van der Waals surface area contributed by atoms with Gasteiger partial charge in [0.2, 0.25) is 0 Å². The maximum atomic E-state index is 15.0. The van der Waals surface area contributed by atoms with Gasteiger partial charge in [-0.25, -0.2) is 13.8 Å². The molecule has 3 aliphatic rings. The monoisotopic (exact) mass is 419 g/mol. The number of fused-ring (bicyclic) bond motifs is 1. The molecular weight excluding hydrogens is 401 g/mol. The Morgan fingerprint density at radius 3 is 2.69 bits per heavy atom. The highest BCUT2D eigenvalue weighted by Gasteiger charge is 2.75. The van der Waals surface area contributed by atoms with Crippen molar-refractivity contribution in [3.63, 3.8) is 0 Å². The molecule has 3 aliphatic heterocycles. The van der Waals surface area contributed by atoms with Crippen LogP contribution in [0.25, 0.3) is 0 Å². The van der Waals surface area contributed by atoms with Gasteiger partial charge in [-0.3, -0.25) is 4.52 Å². The smallest absolute Gasteiger partial charge is 0.328 e. The van der Waals surface area contributed by atoms with E-state index in [2.05, 4.69) is 4.99 Å². The molecule has 0 bridgehead atoms. The van der Waals surface area contributed by atoms with Crippen LogP contribution < -0.4 is 5.73 Å². The fraction of sp³-hybridized carbons (Fsp3) is 0.769. The lowest BCUT2D eigenvalue weighted by Gasteiger charge is -2.41. The van der Waals surface area contributed by atoms with E-state index in [1.807, 2.05) is 0 Å². The molecule has 3 heterocycles. The number of alkyl halides is 4. The Kier molecular flexibility index (Phi) is 5.13. The summed E-state index contributed by atoms with van der Waals surface area (Å²) in [5, 5.41) is 0. The molecule has 0 amide bonds. The van der Waals surface area contributed by atoms with Gasteiger partial charge in [-0.15, -0.1) is 0 Å². The number of hydrogen-bond acceptors (Lipinski definition) is 8. The highest BCUT2D eigenvalue weighted by Crippen LogP contribution is 2.63. The predicted molar refractivity (Wildman–Crippen MR) is 87.4 cm³/mol. The first-order chi connectivity index (χ1) is 12.0. The van der Waals surface area contributed by atoms with Crippen molar-refractivity contribution < 1.29 is 35.9 Å². The van der Waals surface area contributed by atoms with E-state index in [1.54, 1.807) is 13.8 Å². The summed E-state index contributed by atoms with van der Waals surface area (Å²) in [4.78, 5) is 4.76. The first kappa shape index (κ1) is 20.0. The van der Waals surface area contributed by atoms with Crippen molar-refractivity contribution in [2.75, 3.05) is 13.3 Å². The number of aliphatic imine (C=N–C) groups is 1. The maximum Gasteiger partial charge on any atom is 0.328 e. The lowest BCUT2D eigenvalue weighted by Crippen LogP contribution is -2.57. The molecule has 0 aromatic rings. The third-order valence-corrected chi connectivity index (χ3v) is 6.43. The zero-order chi connectivity index (χ0) is 19.3. The Labute approximate surface area is 152 Å². The Bertz CT molecular complexity index is 680. The summed E-state index contributed by atoms with van der Waals surface area (Å²) in [6.45, 7) is -1.56. The molecule has 7 nitrogen and oxygen atoms in total. The first-order valence-corrected chi connectivity index (χ1v) is 10.2. The number of ether oxygens (including phenoxy) is 1. The first-order valence-electron chi connectivity index (χ1n) is 7.69. The van der Waals surface area contributed by atoms with Crippen LogP contribution in [-0.2, 0) is 30.1 Å². The van der Waals surface area contributed by atoms with Crippen LogP contribution in [-0.4, -0.2) is 60.4 Å². The Morgan fingerprint density at radius 2 is 2.15 bits per heavy atom. The normalized spacial score (nSPS) is 39.4. The van der Waals surface area contributed by atoms with E-state index < -0.39 is 49.7 Å². The minimum Gasteiger partial charge on any atom is -0.384 e. The van der Waals surface area contributed by atoms with Gasteiger partial charge in [-0.1, -0.05) is 0 Å². The van der Waals surface area contributed by atoms with Crippen LogP contribution in [0.4, 0.5) is 17.6 Å². The van der Waals surface area contributed by atoms with Gasteiger partial charge >= 0.3 is 12.6 Å². The van der Waals surface area contributed by atoms with E-state index in [0.29, 0.717) is 0 Å². The summed E-state index contributed by atoms with van der Waals surface area (Å²) >= 11 is 5.05. The number of rotatable bonds is 4. The standard InChI is InChI=1S/C13H18F4N3O4PS/c1-7(2)23-25(26)21-5-12(10(14)15)9(24-25)13(16,17)11(22-12)20-4-3-8(18)19-6-20/h3-4,7,9-11H,5-6H2,1-2H3,(H2,18,19)/t9-,11-,12-,25?/m1/s1. The molecule has 1 unspecified atom stereocenters. The molecule has 0 aromatic carbocycles. The third-order valence-electron chi connectivity index (χ3n) is 4.00. The van der Waals surface area contributed by atoms with Crippen molar-refractivity contribution in [3.05, 3.63) is 12.3 Å². The third kappa shape index (κ3) is 3.27. The topological polar surface area (TPSA) is 78.5 Å². The molecule has 0 aromatic heterocycles. The van der Waals surface area contributed by atoms with E-state index in [0.717, 1.165) is 4.90 Å². The van der Waals surface area contributed by atoms with Gasteiger partial charge in [0.25, 0.3) is 6.43 Å². The van der Waals surface area contributed by atoms with Gasteiger partial charge < -0.3 is 24.4 Å². The van der Waals surface area contributed by atoms with E-state index in [-0.39, 0.29) is 12.5 Å². The molecule has 4 atom stereocenters. The molecule has 148 valence electrons. The quantitative estimate of drug-likeness (QED) is 0.553. The van der Waals surface area contributed by atoms with E-state index in [1.165, 1.54) is 12.3 Å². The molecule has 13 heteroatoms. The lowest BCUT2D eigenvalue weighted by molar-refractivity contribution is -0.208. The summed E-state index contributed by atoms with van der Waals surface area (Å²) in [5.41, 5.74) is 2.78. The second-order valence-corrected chi connectivity index (χ2v) is 9.23. The van der Waals surface area contributed by atoms with Crippen LogP contribution in [0.3, 0.4) is 0 Å². The highest BCUT2D eigenvalue weighted by atomic mass is 32.5. The van der Waals surface area contributed by atoms with Crippen LogP contribution in [0.1, 0.15) is 13.8 Å². The molecule has 0 saturated carbocycles. The van der Waals surface area contributed by atoms with Gasteiger partial charge in [-0.2, -0.15) is 8.78 Å². The predicted octanol–water partition coefficient (Wildman–Crippen LogP) is 2.19. The van der Waals surface area contributed by atoms with Crippen LogP contribution in [0.15, 0.2) is 17.3 Å². The largest absolute Gasteiger partial charge is 0.384 e. The average molecular weight is 419 g/mol. The van der Waals surface area contributed by atoms with Gasteiger partial charge in [0, 0.05) is 6.20 Å². The van der Waals surface area contributed by atoms with E-state index in [9.17, 15) is 8.78 Å². The van der Waals surface area contributed by atoms with E-state index >= 15 is 8.78 Å². The molecule has 0 aliphatic carbocycles. The second-order valence-electron chi connectivity index (χ2n) is 6.32. The molecule has 2 N–H and O–H groups in total. The highest BCUT2D eigenvalue weighted by molar-refractivity contribution is 8.07. The van der Waals surface area contributed by atoms with E-state index in [4.69, 9.17) is 35.8 Å². The number of hydrogen-bond donors (Lipinski definition) is 1. The molecule has 0 spiro atoms. The Morgan fingerprint density at radius 1 is 1.46 bits per heavy atom. The average Bonchev–Trinajstić information content (AvgIpc) is 2.76. The number of halogens is 4. The molecule has 26 heavy (non-hydrogen) atoms. The van der Waals surface area contributed by atoms with Crippen molar-refractivity contribution in [1.29, 1.82) is 0 Å². The summed E-state index contributed by atoms with van der Waals surface area (Å²) in [6.07, 6.45) is -5.68. The Balaban J connectivity index is 1.93. The zero-order valence-corrected chi connectivity index (χ0v) is 15.6. The SMILES string of the molecule is CC(C)OP1(=S)OC[C@@]2(C(F)F)O[C@@H](N3C=CC(N)=NC3)C(F)(F)[C@@H]2O1. The van der Waals surface area contributed by atoms with Crippen molar-refractivity contribution in [3.8, 4) is 0 Å². The Hall–Kier alpha value is -0.780. The maximum absolute atomic E-state index is 15.0. The summed E-state index contributed by atoms with van der Waals surface area (Å²) < 4.78 is 78.3. The van der Waals surface area contributed by atoms with Crippen molar-refractivity contribution in [1.82, 2.24) is 4.90 Å². The van der Waals surface area contributed by atoms with Crippen LogP contribution in [0, 0.1) is 0 Å². The van der Waals surface area contributed by atoms with Crippen LogP contribution >= 0.6 is 6.72 Å². The number of amidine groups is 1. The van der Waals surface area contributed by atoms with Crippen molar-refractivity contribution in [2.24, 2.45) is 10.7 Å². The zero-order valence-electron chi connectivity index (χ0n) is 13.9. The fourth-order valence-electron chi connectivity index (χ4n) is 2.83. The minimum atomic E-state index is -3.82. The molecule has 2 saturated heterocycles. The van der Waals surface area contributed by atoms with Crippen LogP contribution in [0.5, 0.6) is 0 Å². The fourth-order valence-corrected chi connectivity index (χ4v) is 5.39. The van der Waals surface area contributed by atoms with Crippen molar-refractivity contribution in [2.45, 2.75) is 50.2 Å². The molecule has 0 radical (unpaired) electrons. The minimum absolute atomic E-state index is 0.129. The number of nitrogens with two attached hydrogens (primary N) is 1. The molecular formula is C13H18F4N3O4PS. The van der Waals surface area contributed by atoms with Gasteiger partial charge in [0.1, 0.15) is 12.5 Å². The molecule has 2 fully saturated rings. The van der Waals surface area contributed by atoms with Gasteiger partial charge in [0.15, 0.2) is 17.9 Å². The second kappa shape index (κ2) is 6.68. The summed E-state index contributed by atoms with van der Waals surface area (Å²) in [7, 11) is 0. The summed E-state index contributed by atoms with van der Waals surface area (Å²) in [5.74, 6) is -3.69. The van der Waals surface area contributed by atoms with Gasteiger partial charge in [0.05, 0.1) is 12.7 Å². The summed E-state index contributed by atoms with van der Waals surface area (Å²) in [6, 6.07) is 0. The van der Waals surface area contributed by atoms with Crippen molar-refractivity contribution >= 4 is 24.4 Å². The van der Waals surface area contributed by atoms with Crippen LogP contribution in [0.2, 0.25) is 0 Å². The molecule has 3 rings (SSSR count).